The van der Waals surface area contributed by atoms with Crippen LogP contribution in [0.15, 0.2) is 42.5 Å². The highest BCUT2D eigenvalue weighted by Crippen LogP contribution is 2.20. The molecule has 1 aromatic heterocycles. The topological polar surface area (TPSA) is 34.9 Å². The number of benzene rings is 2. The van der Waals surface area contributed by atoms with Crippen LogP contribution in [0.3, 0.4) is 0 Å². The Labute approximate surface area is 121 Å². The molecule has 2 aromatic carbocycles. The van der Waals surface area contributed by atoms with Crippen molar-refractivity contribution in [3.8, 4) is 0 Å². The van der Waals surface area contributed by atoms with Gasteiger partial charge in [0, 0.05) is 24.1 Å². The van der Waals surface area contributed by atoms with Crippen LogP contribution in [-0.2, 0) is 13.5 Å². The van der Waals surface area contributed by atoms with E-state index in [0.717, 1.165) is 28.7 Å². The Hall–Kier alpha value is -2.13. The summed E-state index contributed by atoms with van der Waals surface area (Å²) >= 11 is 6.02. The molecule has 0 aliphatic carbocycles. The molecule has 0 amide bonds. The number of carbonyl (C=O) groups excluding carboxylic acids is 1. The number of hydrogen-bond acceptors (Lipinski definition) is 2. The van der Waals surface area contributed by atoms with E-state index in [2.05, 4.69) is 4.98 Å². The van der Waals surface area contributed by atoms with Gasteiger partial charge >= 0.3 is 0 Å². The van der Waals surface area contributed by atoms with Gasteiger partial charge in [-0.1, -0.05) is 23.7 Å². The number of aromatic nitrogens is 2. The number of nitrogens with zero attached hydrogens (tertiary/aromatic N) is 2. The normalized spacial score (nSPS) is 10.9. The van der Waals surface area contributed by atoms with Gasteiger partial charge in [0.05, 0.1) is 11.0 Å². The monoisotopic (exact) mass is 284 g/mol. The number of imidazole rings is 1. The Morgan fingerprint density at radius 3 is 2.80 bits per heavy atom. The van der Waals surface area contributed by atoms with Gasteiger partial charge in [-0.25, -0.2) is 4.98 Å². The van der Waals surface area contributed by atoms with E-state index in [-0.39, 0.29) is 0 Å². The molecule has 20 heavy (non-hydrogen) atoms. The number of fused-ring (bicyclic) bond motifs is 1. The number of aryl methyl sites for hydroxylation is 1. The van der Waals surface area contributed by atoms with E-state index in [1.54, 1.807) is 12.1 Å². The second-order valence-corrected chi connectivity index (χ2v) is 5.15. The van der Waals surface area contributed by atoms with Crippen LogP contribution in [0.4, 0.5) is 0 Å². The van der Waals surface area contributed by atoms with E-state index in [1.165, 1.54) is 0 Å². The zero-order chi connectivity index (χ0) is 14.1. The minimum absolute atomic E-state index is 0.583. The molecule has 4 heteroatoms. The summed E-state index contributed by atoms with van der Waals surface area (Å²) in [5, 5.41) is 0.629. The third kappa shape index (κ3) is 2.21. The summed E-state index contributed by atoms with van der Waals surface area (Å²) in [5.41, 5.74) is 3.59. The first-order chi connectivity index (χ1) is 9.69. The van der Waals surface area contributed by atoms with E-state index in [4.69, 9.17) is 11.6 Å². The molecule has 0 fully saturated rings. The summed E-state index contributed by atoms with van der Waals surface area (Å²) in [6.07, 6.45) is 1.44. The largest absolute Gasteiger partial charge is 0.331 e. The van der Waals surface area contributed by atoms with E-state index < -0.39 is 0 Å². The molecule has 0 N–H and O–H groups in total. The van der Waals surface area contributed by atoms with Crippen LogP contribution in [-0.4, -0.2) is 15.8 Å². The van der Waals surface area contributed by atoms with Crippen molar-refractivity contribution in [1.29, 1.82) is 0 Å². The summed E-state index contributed by atoms with van der Waals surface area (Å²) < 4.78 is 2.05. The number of carbonyl (C=O) groups is 1. The summed E-state index contributed by atoms with van der Waals surface area (Å²) in [5.74, 6) is 0.913. The fourth-order valence-electron chi connectivity index (χ4n) is 2.37. The predicted molar refractivity (Wildman–Crippen MR) is 80.4 cm³/mol. The number of para-hydroxylation sites is 2. The molecule has 0 aliphatic heterocycles. The molecular weight excluding hydrogens is 272 g/mol. The zero-order valence-corrected chi connectivity index (χ0v) is 11.8. The SMILES string of the molecule is Cn1c(Cc2cc(Cl)ccc2C=O)nc2ccccc21. The number of aldehydes is 1. The quantitative estimate of drug-likeness (QED) is 0.689. The minimum atomic E-state index is 0.583. The van der Waals surface area contributed by atoms with E-state index in [0.29, 0.717) is 17.0 Å². The van der Waals surface area contributed by atoms with Gasteiger partial charge in [0.2, 0.25) is 0 Å². The van der Waals surface area contributed by atoms with Gasteiger partial charge in [0.1, 0.15) is 12.1 Å². The van der Waals surface area contributed by atoms with Crippen molar-refractivity contribution in [1.82, 2.24) is 9.55 Å². The van der Waals surface area contributed by atoms with Gasteiger partial charge < -0.3 is 4.57 Å². The first kappa shape index (κ1) is 12.9. The Morgan fingerprint density at radius 1 is 1.25 bits per heavy atom. The molecule has 1 heterocycles. The standard InChI is InChI=1S/C16H13ClN2O/c1-19-15-5-3-2-4-14(15)18-16(19)9-12-8-13(17)7-6-11(12)10-20/h2-8,10H,9H2,1H3. The third-order valence-electron chi connectivity index (χ3n) is 3.46. The molecule has 0 saturated heterocycles. The highest BCUT2D eigenvalue weighted by atomic mass is 35.5. The lowest BCUT2D eigenvalue weighted by Gasteiger charge is -2.06. The minimum Gasteiger partial charge on any atom is -0.331 e. The van der Waals surface area contributed by atoms with Crippen molar-refractivity contribution in [3.63, 3.8) is 0 Å². The number of halogens is 1. The molecule has 0 spiro atoms. The van der Waals surface area contributed by atoms with Crippen LogP contribution in [0.2, 0.25) is 5.02 Å². The maximum absolute atomic E-state index is 11.1. The third-order valence-corrected chi connectivity index (χ3v) is 3.70. The van der Waals surface area contributed by atoms with Crippen LogP contribution in [0.1, 0.15) is 21.7 Å². The average molecular weight is 285 g/mol. The molecule has 100 valence electrons. The van der Waals surface area contributed by atoms with Gasteiger partial charge in [0.15, 0.2) is 0 Å². The van der Waals surface area contributed by atoms with Crippen LogP contribution in [0.5, 0.6) is 0 Å². The van der Waals surface area contributed by atoms with Gasteiger partial charge in [0.25, 0.3) is 0 Å². The second-order valence-electron chi connectivity index (χ2n) is 4.71. The van der Waals surface area contributed by atoms with E-state index in [1.807, 2.05) is 41.9 Å². The molecule has 3 aromatic rings. The first-order valence-electron chi connectivity index (χ1n) is 6.33. The van der Waals surface area contributed by atoms with E-state index >= 15 is 0 Å². The fourth-order valence-corrected chi connectivity index (χ4v) is 2.56. The predicted octanol–water partition coefficient (Wildman–Crippen LogP) is 3.63. The molecule has 0 saturated carbocycles. The zero-order valence-electron chi connectivity index (χ0n) is 11.0. The van der Waals surface area contributed by atoms with Crippen molar-refractivity contribution in [2.45, 2.75) is 6.42 Å². The molecule has 0 aliphatic rings. The van der Waals surface area contributed by atoms with Crippen molar-refractivity contribution in [2.24, 2.45) is 7.05 Å². The van der Waals surface area contributed by atoms with Crippen molar-refractivity contribution in [2.75, 3.05) is 0 Å². The Bertz CT molecular complexity index is 792. The highest BCUT2D eigenvalue weighted by Gasteiger charge is 2.10. The van der Waals surface area contributed by atoms with Crippen LogP contribution in [0.25, 0.3) is 11.0 Å². The summed E-state index contributed by atoms with van der Waals surface area (Å²) in [7, 11) is 1.98. The lowest BCUT2D eigenvalue weighted by Crippen LogP contribution is -2.01. The van der Waals surface area contributed by atoms with Crippen LogP contribution >= 0.6 is 11.6 Å². The van der Waals surface area contributed by atoms with Crippen molar-refractivity contribution in [3.05, 3.63) is 64.4 Å². The fraction of sp³-hybridized carbons (Fsp3) is 0.125. The van der Waals surface area contributed by atoms with Gasteiger partial charge in [-0.15, -0.1) is 0 Å². The van der Waals surface area contributed by atoms with Crippen molar-refractivity contribution < 1.29 is 4.79 Å². The molecule has 3 nitrogen and oxygen atoms in total. The maximum Gasteiger partial charge on any atom is 0.150 e. The molecule has 0 bridgehead atoms. The number of hydrogen-bond donors (Lipinski definition) is 0. The van der Waals surface area contributed by atoms with Gasteiger partial charge in [-0.3, -0.25) is 4.79 Å². The smallest absolute Gasteiger partial charge is 0.150 e. The second kappa shape index (κ2) is 5.10. The highest BCUT2D eigenvalue weighted by molar-refractivity contribution is 6.30. The summed E-state index contributed by atoms with van der Waals surface area (Å²) in [6.45, 7) is 0. The first-order valence-corrected chi connectivity index (χ1v) is 6.71. The average Bonchev–Trinajstić information content (AvgIpc) is 2.76. The van der Waals surface area contributed by atoms with Gasteiger partial charge in [-0.05, 0) is 35.9 Å². The molecule has 0 atom stereocenters. The lowest BCUT2D eigenvalue weighted by molar-refractivity contribution is 0.112. The van der Waals surface area contributed by atoms with Crippen molar-refractivity contribution >= 4 is 28.9 Å². The van der Waals surface area contributed by atoms with Gasteiger partial charge in [-0.2, -0.15) is 0 Å². The summed E-state index contributed by atoms with van der Waals surface area (Å²) in [4.78, 5) is 15.7. The molecule has 3 rings (SSSR count). The Balaban J connectivity index is 2.07. The van der Waals surface area contributed by atoms with Crippen LogP contribution < -0.4 is 0 Å². The van der Waals surface area contributed by atoms with E-state index in [9.17, 15) is 4.79 Å². The summed E-state index contributed by atoms with van der Waals surface area (Å²) in [6, 6.07) is 13.3. The molecular formula is C16H13ClN2O. The Morgan fingerprint density at radius 2 is 2.05 bits per heavy atom. The maximum atomic E-state index is 11.1. The molecule has 0 unspecified atom stereocenters. The Kier molecular flexibility index (Phi) is 3.28. The molecule has 0 radical (unpaired) electrons. The number of rotatable bonds is 3. The van der Waals surface area contributed by atoms with Crippen LogP contribution in [0, 0.1) is 0 Å². The lowest BCUT2D eigenvalue weighted by atomic mass is 10.1.